The summed E-state index contributed by atoms with van der Waals surface area (Å²) in [7, 11) is 0. The van der Waals surface area contributed by atoms with Crippen molar-refractivity contribution >= 4 is 12.0 Å². The summed E-state index contributed by atoms with van der Waals surface area (Å²) in [4.78, 5) is 29.6. The van der Waals surface area contributed by atoms with Crippen LogP contribution in [-0.2, 0) is 4.79 Å². The molecule has 3 unspecified atom stereocenters. The predicted molar refractivity (Wildman–Crippen MR) is 80.3 cm³/mol. The fourth-order valence-corrected chi connectivity index (χ4v) is 3.44. The molecular weight excluding hydrogens is 270 g/mol. The first-order chi connectivity index (χ1) is 9.95. The lowest BCUT2D eigenvalue weighted by Crippen LogP contribution is -2.57. The number of rotatable bonds is 3. The highest BCUT2D eigenvalue weighted by molar-refractivity contribution is 5.76. The van der Waals surface area contributed by atoms with Gasteiger partial charge in [-0.05, 0) is 33.1 Å². The molecule has 0 radical (unpaired) electrons. The third-order valence-electron chi connectivity index (χ3n) is 4.97. The van der Waals surface area contributed by atoms with Crippen LogP contribution in [0.5, 0.6) is 0 Å². The molecule has 2 rings (SSSR count). The summed E-state index contributed by atoms with van der Waals surface area (Å²) < 4.78 is 0. The summed E-state index contributed by atoms with van der Waals surface area (Å²) in [5.41, 5.74) is 0. The van der Waals surface area contributed by atoms with Crippen LogP contribution in [0.1, 0.15) is 40.0 Å². The molecular formula is C15H27N3O3. The van der Waals surface area contributed by atoms with Crippen LogP contribution in [-0.4, -0.2) is 76.1 Å². The van der Waals surface area contributed by atoms with Crippen molar-refractivity contribution in [3.05, 3.63) is 0 Å². The van der Waals surface area contributed by atoms with Crippen molar-refractivity contribution in [3.8, 4) is 0 Å². The monoisotopic (exact) mass is 297 g/mol. The van der Waals surface area contributed by atoms with E-state index in [0.29, 0.717) is 38.3 Å². The molecule has 0 spiro atoms. The van der Waals surface area contributed by atoms with Crippen LogP contribution >= 0.6 is 0 Å². The van der Waals surface area contributed by atoms with Gasteiger partial charge >= 0.3 is 12.0 Å². The minimum Gasteiger partial charge on any atom is -0.480 e. The van der Waals surface area contributed by atoms with Crippen molar-refractivity contribution in [2.75, 3.05) is 26.2 Å². The van der Waals surface area contributed by atoms with Crippen molar-refractivity contribution in [2.24, 2.45) is 0 Å². The largest absolute Gasteiger partial charge is 0.480 e. The zero-order valence-electron chi connectivity index (χ0n) is 13.3. The summed E-state index contributed by atoms with van der Waals surface area (Å²) >= 11 is 0. The quantitative estimate of drug-likeness (QED) is 0.856. The Bertz CT molecular complexity index is 394. The second-order valence-electron chi connectivity index (χ2n) is 6.22. The third kappa shape index (κ3) is 3.31. The minimum absolute atomic E-state index is 0.134. The van der Waals surface area contributed by atoms with Gasteiger partial charge in [0, 0.05) is 38.3 Å². The van der Waals surface area contributed by atoms with Gasteiger partial charge in [0.25, 0.3) is 0 Å². The second-order valence-corrected chi connectivity index (χ2v) is 6.22. The molecule has 0 aromatic rings. The van der Waals surface area contributed by atoms with E-state index >= 15 is 0 Å². The number of carboxylic acids is 1. The van der Waals surface area contributed by atoms with Gasteiger partial charge in [-0.1, -0.05) is 6.92 Å². The fraction of sp³-hybridized carbons (Fsp3) is 0.867. The maximum Gasteiger partial charge on any atom is 0.320 e. The molecule has 2 saturated heterocycles. The van der Waals surface area contributed by atoms with Gasteiger partial charge in [-0.2, -0.15) is 0 Å². The minimum atomic E-state index is -0.797. The SMILES string of the molecule is CCC1CCC(C)N1C(=O)N1CCN(C(C)C(=O)O)CC1. The lowest BCUT2D eigenvalue weighted by Gasteiger charge is -2.40. The van der Waals surface area contributed by atoms with Crippen molar-refractivity contribution in [1.82, 2.24) is 14.7 Å². The van der Waals surface area contributed by atoms with E-state index in [0.717, 1.165) is 19.3 Å². The molecule has 0 aromatic carbocycles. The smallest absolute Gasteiger partial charge is 0.320 e. The highest BCUT2D eigenvalue weighted by Gasteiger charge is 2.37. The molecule has 21 heavy (non-hydrogen) atoms. The topological polar surface area (TPSA) is 64.1 Å². The van der Waals surface area contributed by atoms with E-state index in [2.05, 4.69) is 13.8 Å². The van der Waals surface area contributed by atoms with E-state index < -0.39 is 12.0 Å². The van der Waals surface area contributed by atoms with E-state index in [-0.39, 0.29) is 6.03 Å². The lowest BCUT2D eigenvalue weighted by molar-refractivity contribution is -0.143. The molecule has 120 valence electrons. The molecule has 1 N–H and O–H groups in total. The molecule has 3 atom stereocenters. The Kier molecular flexibility index (Phi) is 5.08. The van der Waals surface area contributed by atoms with Gasteiger partial charge in [-0.3, -0.25) is 9.69 Å². The third-order valence-corrected chi connectivity index (χ3v) is 4.97. The van der Waals surface area contributed by atoms with E-state index in [4.69, 9.17) is 5.11 Å². The summed E-state index contributed by atoms with van der Waals surface area (Å²) in [6, 6.07) is 0.340. The van der Waals surface area contributed by atoms with Crippen LogP contribution in [0.2, 0.25) is 0 Å². The Morgan fingerprint density at radius 2 is 1.81 bits per heavy atom. The molecule has 0 aliphatic carbocycles. The lowest BCUT2D eigenvalue weighted by atomic mass is 10.1. The molecule has 2 aliphatic rings. The number of likely N-dealkylation sites (tertiary alicyclic amines) is 1. The van der Waals surface area contributed by atoms with E-state index in [1.807, 2.05) is 14.7 Å². The summed E-state index contributed by atoms with van der Waals surface area (Å²) in [6.45, 7) is 8.48. The van der Waals surface area contributed by atoms with Crippen LogP contribution in [0.25, 0.3) is 0 Å². The van der Waals surface area contributed by atoms with E-state index in [9.17, 15) is 9.59 Å². The van der Waals surface area contributed by atoms with Crippen molar-refractivity contribution in [3.63, 3.8) is 0 Å². The van der Waals surface area contributed by atoms with Gasteiger partial charge in [-0.15, -0.1) is 0 Å². The number of nitrogens with zero attached hydrogens (tertiary/aromatic N) is 3. The van der Waals surface area contributed by atoms with Crippen LogP contribution in [0.4, 0.5) is 4.79 Å². The average molecular weight is 297 g/mol. The molecule has 2 aliphatic heterocycles. The molecule has 0 aromatic heterocycles. The van der Waals surface area contributed by atoms with Gasteiger partial charge in [0.1, 0.15) is 6.04 Å². The van der Waals surface area contributed by atoms with Crippen LogP contribution in [0, 0.1) is 0 Å². The van der Waals surface area contributed by atoms with Crippen LogP contribution < -0.4 is 0 Å². The number of amides is 2. The fourth-order valence-electron chi connectivity index (χ4n) is 3.44. The normalized spacial score (nSPS) is 28.7. The number of hydrogen-bond donors (Lipinski definition) is 1. The molecule has 6 nitrogen and oxygen atoms in total. The maximum absolute atomic E-state index is 12.7. The number of hydrogen-bond acceptors (Lipinski definition) is 3. The molecule has 6 heteroatoms. The zero-order valence-corrected chi connectivity index (χ0v) is 13.3. The van der Waals surface area contributed by atoms with Gasteiger partial charge in [0.05, 0.1) is 0 Å². The number of carbonyl (C=O) groups is 2. The highest BCUT2D eigenvalue weighted by atomic mass is 16.4. The Balaban J connectivity index is 1.92. The molecule has 2 heterocycles. The van der Waals surface area contributed by atoms with Gasteiger partial charge in [0.2, 0.25) is 0 Å². The van der Waals surface area contributed by atoms with Gasteiger partial charge in [-0.25, -0.2) is 4.79 Å². The number of urea groups is 1. The Hall–Kier alpha value is -1.30. The van der Waals surface area contributed by atoms with Crippen LogP contribution in [0.15, 0.2) is 0 Å². The van der Waals surface area contributed by atoms with Gasteiger partial charge < -0.3 is 14.9 Å². The van der Waals surface area contributed by atoms with Crippen LogP contribution in [0.3, 0.4) is 0 Å². The zero-order chi connectivity index (χ0) is 15.6. The summed E-state index contributed by atoms with van der Waals surface area (Å²) in [6.07, 6.45) is 3.19. The molecule has 2 fully saturated rings. The highest BCUT2D eigenvalue weighted by Crippen LogP contribution is 2.27. The predicted octanol–water partition coefficient (Wildman–Crippen LogP) is 1.46. The first-order valence-electron chi connectivity index (χ1n) is 7.99. The Morgan fingerprint density at radius 3 is 2.33 bits per heavy atom. The molecule has 0 saturated carbocycles. The van der Waals surface area contributed by atoms with Crippen molar-refractivity contribution in [1.29, 1.82) is 0 Å². The second kappa shape index (κ2) is 6.64. The maximum atomic E-state index is 12.7. The molecule has 0 bridgehead atoms. The molecule has 2 amide bonds. The number of carboxylic acid groups (broad SMARTS) is 1. The number of piperazine rings is 1. The Morgan fingerprint density at radius 1 is 1.19 bits per heavy atom. The van der Waals surface area contributed by atoms with Crippen molar-refractivity contribution < 1.29 is 14.7 Å². The average Bonchev–Trinajstić information content (AvgIpc) is 2.86. The van der Waals surface area contributed by atoms with Crippen molar-refractivity contribution in [2.45, 2.75) is 58.2 Å². The summed E-state index contributed by atoms with van der Waals surface area (Å²) in [5.74, 6) is -0.797. The standard InChI is InChI=1S/C15H27N3O3/c1-4-13-6-5-11(2)18(13)15(21)17-9-7-16(8-10-17)12(3)14(19)20/h11-13H,4-10H2,1-3H3,(H,19,20). The first-order valence-corrected chi connectivity index (χ1v) is 7.99. The van der Waals surface area contributed by atoms with Gasteiger partial charge in [0.15, 0.2) is 0 Å². The number of carbonyl (C=O) groups excluding carboxylic acids is 1. The van der Waals surface area contributed by atoms with E-state index in [1.165, 1.54) is 0 Å². The summed E-state index contributed by atoms with van der Waals surface area (Å²) in [5, 5.41) is 9.05. The van der Waals surface area contributed by atoms with E-state index in [1.54, 1.807) is 6.92 Å². The first kappa shape index (κ1) is 16.1. The number of aliphatic carboxylic acids is 1. The Labute approximate surface area is 126 Å².